The van der Waals surface area contributed by atoms with Crippen LogP contribution in [0.15, 0.2) is 53.7 Å². The average molecular weight is 378 g/mol. The molecule has 6 nitrogen and oxygen atoms in total. The highest BCUT2D eigenvalue weighted by Crippen LogP contribution is 2.17. The van der Waals surface area contributed by atoms with Gasteiger partial charge in [0.05, 0.1) is 13.3 Å². The summed E-state index contributed by atoms with van der Waals surface area (Å²) < 4.78 is 33.7. The second-order valence-corrected chi connectivity index (χ2v) is 5.46. The van der Waals surface area contributed by atoms with Gasteiger partial charge in [-0.25, -0.2) is 0 Å². The number of carbonyl (C=O) groups is 1. The first-order valence-corrected chi connectivity index (χ1v) is 8.13. The fourth-order valence-corrected chi connectivity index (χ4v) is 2.14. The van der Waals surface area contributed by atoms with Crippen LogP contribution in [0.2, 0.25) is 0 Å². The van der Waals surface area contributed by atoms with Crippen molar-refractivity contribution in [3.8, 4) is 11.5 Å². The molecule has 0 aliphatic carbocycles. The molecule has 0 radical (unpaired) electrons. The molecule has 0 spiro atoms. The summed E-state index contributed by atoms with van der Waals surface area (Å²) in [5, 5.41) is 6.48. The molecule has 8 heteroatoms. The van der Waals surface area contributed by atoms with Crippen molar-refractivity contribution in [2.24, 2.45) is 5.16 Å². The molecular weight excluding hydrogens is 358 g/mol. The molecule has 1 amide bonds. The topological polar surface area (TPSA) is 69.2 Å². The van der Waals surface area contributed by atoms with Gasteiger partial charge in [0.25, 0.3) is 5.91 Å². The van der Waals surface area contributed by atoms with Crippen molar-refractivity contribution in [1.29, 1.82) is 0 Å². The number of carbonyl (C=O) groups excluding carboxylic acids is 1. The van der Waals surface area contributed by atoms with E-state index in [1.807, 2.05) is 24.3 Å². The number of hydrogen-bond donors (Lipinski definition) is 1. The summed E-state index contributed by atoms with van der Waals surface area (Å²) in [6.45, 7) is -1.01. The van der Waals surface area contributed by atoms with E-state index >= 15 is 0 Å². The maximum absolute atomic E-state index is 12.1. The first kappa shape index (κ1) is 20.2. The summed E-state index contributed by atoms with van der Waals surface area (Å²) in [6, 6.07) is 13.2. The molecule has 2 rings (SSSR count). The highest BCUT2D eigenvalue weighted by Gasteiger charge is 2.14. The van der Waals surface area contributed by atoms with Gasteiger partial charge in [-0.3, -0.25) is 4.79 Å². The SMILES string of the molecule is COc1ccccc1CNC(=O)[C@H](C)O/N=C\c1ccc(OC(F)F)cc1. The zero-order valence-corrected chi connectivity index (χ0v) is 14.9. The number of nitrogens with zero attached hydrogens (tertiary/aromatic N) is 1. The first-order chi connectivity index (χ1) is 13.0. The third-order valence-corrected chi connectivity index (χ3v) is 3.54. The van der Waals surface area contributed by atoms with Crippen LogP contribution in [0.1, 0.15) is 18.1 Å². The van der Waals surface area contributed by atoms with Gasteiger partial charge in [0.2, 0.25) is 6.10 Å². The molecule has 27 heavy (non-hydrogen) atoms. The Bertz CT molecular complexity index is 767. The van der Waals surface area contributed by atoms with Crippen molar-refractivity contribution in [2.75, 3.05) is 7.11 Å². The summed E-state index contributed by atoms with van der Waals surface area (Å²) in [6.07, 6.45) is 0.563. The van der Waals surface area contributed by atoms with Crippen molar-refractivity contribution in [3.63, 3.8) is 0 Å². The number of benzene rings is 2. The number of methoxy groups -OCH3 is 1. The lowest BCUT2D eigenvalue weighted by atomic mass is 10.2. The normalized spacial score (nSPS) is 12.0. The number of ether oxygens (including phenoxy) is 2. The van der Waals surface area contributed by atoms with Crippen LogP contribution in [0.3, 0.4) is 0 Å². The number of nitrogens with one attached hydrogen (secondary N) is 1. The fourth-order valence-electron chi connectivity index (χ4n) is 2.14. The van der Waals surface area contributed by atoms with Gasteiger partial charge in [0.1, 0.15) is 11.5 Å². The highest BCUT2D eigenvalue weighted by molar-refractivity contribution is 5.81. The molecule has 0 heterocycles. The molecule has 0 saturated heterocycles. The number of rotatable bonds is 9. The van der Waals surface area contributed by atoms with E-state index in [-0.39, 0.29) is 11.7 Å². The number of hydrogen-bond acceptors (Lipinski definition) is 5. The number of halogens is 2. The van der Waals surface area contributed by atoms with Gasteiger partial charge < -0.3 is 19.6 Å². The third-order valence-electron chi connectivity index (χ3n) is 3.54. The van der Waals surface area contributed by atoms with E-state index in [1.165, 1.54) is 30.5 Å². The molecule has 0 bridgehead atoms. The second kappa shape index (κ2) is 10.1. The van der Waals surface area contributed by atoms with Gasteiger partial charge in [-0.1, -0.05) is 23.4 Å². The van der Waals surface area contributed by atoms with E-state index in [1.54, 1.807) is 14.0 Å². The molecule has 0 saturated carbocycles. The quantitative estimate of drug-likeness (QED) is 0.537. The van der Waals surface area contributed by atoms with Gasteiger partial charge >= 0.3 is 6.61 Å². The van der Waals surface area contributed by atoms with Gasteiger partial charge in [0, 0.05) is 12.1 Å². The lowest BCUT2D eigenvalue weighted by Crippen LogP contribution is -2.33. The van der Waals surface area contributed by atoms with E-state index < -0.39 is 12.7 Å². The van der Waals surface area contributed by atoms with Crippen molar-refractivity contribution in [2.45, 2.75) is 26.2 Å². The Labute approximate surface area is 155 Å². The smallest absolute Gasteiger partial charge is 0.387 e. The van der Waals surface area contributed by atoms with Crippen molar-refractivity contribution in [3.05, 3.63) is 59.7 Å². The minimum atomic E-state index is -2.87. The molecule has 1 atom stereocenters. The Hall–Kier alpha value is -3.16. The van der Waals surface area contributed by atoms with Crippen LogP contribution in [-0.4, -0.2) is 31.9 Å². The van der Waals surface area contributed by atoms with E-state index in [9.17, 15) is 13.6 Å². The summed E-state index contributed by atoms with van der Waals surface area (Å²) in [5.41, 5.74) is 1.45. The summed E-state index contributed by atoms with van der Waals surface area (Å²) in [7, 11) is 1.56. The van der Waals surface area contributed by atoms with Crippen LogP contribution in [-0.2, 0) is 16.2 Å². The van der Waals surface area contributed by atoms with E-state index in [0.717, 1.165) is 5.56 Å². The Morgan fingerprint density at radius 1 is 1.19 bits per heavy atom. The third kappa shape index (κ3) is 6.58. The molecule has 2 aromatic rings. The van der Waals surface area contributed by atoms with Crippen molar-refractivity contribution < 1.29 is 27.9 Å². The van der Waals surface area contributed by atoms with Crippen LogP contribution >= 0.6 is 0 Å². The van der Waals surface area contributed by atoms with Crippen LogP contribution < -0.4 is 14.8 Å². The van der Waals surface area contributed by atoms with Crippen molar-refractivity contribution in [1.82, 2.24) is 5.32 Å². The van der Waals surface area contributed by atoms with E-state index in [0.29, 0.717) is 17.9 Å². The summed E-state index contributed by atoms with van der Waals surface area (Å²) in [4.78, 5) is 17.2. The predicted octanol–water partition coefficient (Wildman–Crippen LogP) is 3.35. The van der Waals surface area contributed by atoms with Gasteiger partial charge in [-0.2, -0.15) is 8.78 Å². The first-order valence-electron chi connectivity index (χ1n) is 8.13. The minimum absolute atomic E-state index is 0.0483. The molecule has 0 aliphatic rings. The van der Waals surface area contributed by atoms with Gasteiger partial charge in [-0.15, -0.1) is 0 Å². The Morgan fingerprint density at radius 3 is 2.56 bits per heavy atom. The monoisotopic (exact) mass is 378 g/mol. The van der Waals surface area contributed by atoms with E-state index in [2.05, 4.69) is 15.2 Å². The number of para-hydroxylation sites is 1. The van der Waals surface area contributed by atoms with E-state index in [4.69, 9.17) is 9.57 Å². The Balaban J connectivity index is 1.81. The molecule has 2 aromatic carbocycles. The van der Waals surface area contributed by atoms with Gasteiger partial charge in [0.15, 0.2) is 0 Å². The van der Waals surface area contributed by atoms with Gasteiger partial charge in [-0.05, 0) is 42.8 Å². The molecule has 144 valence electrons. The molecule has 0 fully saturated rings. The maximum atomic E-state index is 12.1. The zero-order valence-electron chi connectivity index (χ0n) is 14.9. The lowest BCUT2D eigenvalue weighted by molar-refractivity contribution is -0.131. The maximum Gasteiger partial charge on any atom is 0.387 e. The predicted molar refractivity (Wildman–Crippen MR) is 96.1 cm³/mol. The average Bonchev–Trinajstić information content (AvgIpc) is 2.67. The summed E-state index contributed by atoms with van der Waals surface area (Å²) in [5.74, 6) is 0.398. The number of amides is 1. The Kier molecular flexibility index (Phi) is 7.54. The fraction of sp³-hybridized carbons (Fsp3) is 0.263. The highest BCUT2D eigenvalue weighted by atomic mass is 19.3. The van der Waals surface area contributed by atoms with Crippen LogP contribution in [0.5, 0.6) is 11.5 Å². The molecule has 1 N–H and O–H groups in total. The van der Waals surface area contributed by atoms with Crippen molar-refractivity contribution >= 4 is 12.1 Å². The Morgan fingerprint density at radius 2 is 1.89 bits per heavy atom. The standard InChI is InChI=1S/C19H20F2N2O4/c1-13(18(24)22-12-15-5-3-4-6-17(15)25-2)27-23-11-14-7-9-16(10-8-14)26-19(20)21/h3-11,13,19H,12H2,1-2H3,(H,22,24)/b23-11-/t13-/m0/s1. The second-order valence-electron chi connectivity index (χ2n) is 5.46. The van der Waals surface area contributed by atoms with Crippen LogP contribution in [0.4, 0.5) is 8.78 Å². The lowest BCUT2D eigenvalue weighted by Gasteiger charge is -2.12. The number of oxime groups is 1. The number of alkyl halides is 2. The van der Waals surface area contributed by atoms with Crippen LogP contribution in [0, 0.1) is 0 Å². The molecule has 0 aliphatic heterocycles. The molecule has 0 aromatic heterocycles. The molecular formula is C19H20F2N2O4. The largest absolute Gasteiger partial charge is 0.496 e. The summed E-state index contributed by atoms with van der Waals surface area (Å²) >= 11 is 0. The molecule has 0 unspecified atom stereocenters. The zero-order chi connectivity index (χ0) is 19.6. The van der Waals surface area contributed by atoms with Crippen LogP contribution in [0.25, 0.3) is 0 Å². The minimum Gasteiger partial charge on any atom is -0.496 e.